The average molecular weight is 293 g/mol. The van der Waals surface area contributed by atoms with Gasteiger partial charge in [-0.25, -0.2) is 0 Å². The summed E-state index contributed by atoms with van der Waals surface area (Å²) < 4.78 is 11.0. The Balaban J connectivity index is 2.45. The predicted molar refractivity (Wildman–Crippen MR) is 84.7 cm³/mol. The lowest BCUT2D eigenvalue weighted by Gasteiger charge is -2.18. The van der Waals surface area contributed by atoms with Crippen molar-refractivity contribution in [3.05, 3.63) is 29.3 Å². The molecular formula is C17H27NO3. The third-order valence-corrected chi connectivity index (χ3v) is 3.39. The van der Waals surface area contributed by atoms with Gasteiger partial charge in [-0.3, -0.25) is 4.79 Å². The molecule has 1 amide bonds. The summed E-state index contributed by atoms with van der Waals surface area (Å²) in [5.74, 6) is 0.682. The molecule has 0 saturated heterocycles. The third kappa shape index (κ3) is 6.17. The van der Waals surface area contributed by atoms with Crippen molar-refractivity contribution in [3.8, 4) is 5.75 Å². The zero-order valence-corrected chi connectivity index (χ0v) is 13.6. The number of ether oxygens (including phenoxy) is 2. The van der Waals surface area contributed by atoms with Gasteiger partial charge >= 0.3 is 0 Å². The van der Waals surface area contributed by atoms with Crippen LogP contribution in [0.3, 0.4) is 0 Å². The van der Waals surface area contributed by atoms with Gasteiger partial charge in [0.1, 0.15) is 5.75 Å². The van der Waals surface area contributed by atoms with Crippen LogP contribution < -0.4 is 10.1 Å². The molecular weight excluding hydrogens is 266 g/mol. The van der Waals surface area contributed by atoms with Crippen LogP contribution in [0.1, 0.15) is 37.8 Å². The van der Waals surface area contributed by atoms with Crippen LogP contribution in [0, 0.1) is 13.8 Å². The highest BCUT2D eigenvalue weighted by molar-refractivity contribution is 5.81. The molecule has 4 heteroatoms. The fourth-order valence-electron chi connectivity index (χ4n) is 1.92. The molecule has 0 aliphatic rings. The van der Waals surface area contributed by atoms with E-state index in [1.165, 1.54) is 11.1 Å². The number of nitrogens with one attached hydrogen (secondary N) is 1. The highest BCUT2D eigenvalue weighted by Gasteiger charge is 2.17. The zero-order chi connectivity index (χ0) is 15.7. The maximum absolute atomic E-state index is 12.1. The molecule has 1 atom stereocenters. The quantitative estimate of drug-likeness (QED) is 0.712. The van der Waals surface area contributed by atoms with E-state index in [2.05, 4.69) is 12.2 Å². The topological polar surface area (TPSA) is 47.6 Å². The number of rotatable bonds is 9. The predicted octanol–water partition coefficient (Wildman–Crippen LogP) is 3.00. The maximum atomic E-state index is 12.1. The Morgan fingerprint density at radius 2 is 2.00 bits per heavy atom. The largest absolute Gasteiger partial charge is 0.481 e. The minimum absolute atomic E-state index is 0.0628. The van der Waals surface area contributed by atoms with Gasteiger partial charge < -0.3 is 14.8 Å². The van der Waals surface area contributed by atoms with Crippen molar-refractivity contribution in [1.82, 2.24) is 5.32 Å². The summed E-state index contributed by atoms with van der Waals surface area (Å²) in [7, 11) is 0. The summed E-state index contributed by atoms with van der Waals surface area (Å²) in [5.41, 5.74) is 2.38. The van der Waals surface area contributed by atoms with E-state index in [1.54, 1.807) is 0 Å². The summed E-state index contributed by atoms with van der Waals surface area (Å²) >= 11 is 0. The van der Waals surface area contributed by atoms with Gasteiger partial charge in [0.05, 0.1) is 0 Å². The number of hydrogen-bond acceptors (Lipinski definition) is 3. The van der Waals surface area contributed by atoms with Gasteiger partial charge in [-0.1, -0.05) is 13.0 Å². The second-order valence-corrected chi connectivity index (χ2v) is 5.10. The van der Waals surface area contributed by atoms with E-state index in [0.29, 0.717) is 26.2 Å². The van der Waals surface area contributed by atoms with Crippen molar-refractivity contribution in [3.63, 3.8) is 0 Å². The van der Waals surface area contributed by atoms with Gasteiger partial charge in [0.2, 0.25) is 0 Å². The van der Waals surface area contributed by atoms with Crippen molar-refractivity contribution in [2.45, 2.75) is 46.6 Å². The number of hydrogen-bond donors (Lipinski definition) is 1. The molecule has 0 unspecified atom stereocenters. The number of carbonyl (C=O) groups excluding carboxylic acids is 1. The molecule has 0 aliphatic heterocycles. The standard InChI is InChI=1S/C17H27NO3/c1-5-16(17(19)18-10-7-11-20-6-2)21-15-9-8-13(3)14(4)12-15/h8-9,12,16H,5-7,10-11H2,1-4H3,(H,18,19)/t16-/m1/s1. The van der Waals surface area contributed by atoms with E-state index >= 15 is 0 Å². The lowest BCUT2D eigenvalue weighted by Crippen LogP contribution is -2.38. The fraction of sp³-hybridized carbons (Fsp3) is 0.588. The van der Waals surface area contributed by atoms with Crippen molar-refractivity contribution >= 4 is 5.91 Å². The first-order valence-electron chi connectivity index (χ1n) is 7.67. The van der Waals surface area contributed by atoms with Crippen LogP contribution in [-0.2, 0) is 9.53 Å². The van der Waals surface area contributed by atoms with Crippen LogP contribution in [-0.4, -0.2) is 31.8 Å². The summed E-state index contributed by atoms with van der Waals surface area (Å²) in [6, 6.07) is 5.89. The van der Waals surface area contributed by atoms with E-state index < -0.39 is 6.10 Å². The first kappa shape index (κ1) is 17.5. The maximum Gasteiger partial charge on any atom is 0.261 e. The molecule has 21 heavy (non-hydrogen) atoms. The Hall–Kier alpha value is -1.55. The lowest BCUT2D eigenvalue weighted by atomic mass is 10.1. The van der Waals surface area contributed by atoms with Gasteiger partial charge in [0.15, 0.2) is 6.10 Å². The van der Waals surface area contributed by atoms with Crippen LogP contribution >= 0.6 is 0 Å². The fourth-order valence-corrected chi connectivity index (χ4v) is 1.92. The van der Waals surface area contributed by atoms with Gasteiger partial charge in [-0.05, 0) is 56.9 Å². The van der Waals surface area contributed by atoms with E-state index in [0.717, 1.165) is 12.2 Å². The lowest BCUT2D eigenvalue weighted by molar-refractivity contribution is -0.128. The van der Waals surface area contributed by atoms with Crippen LogP contribution in [0.5, 0.6) is 5.75 Å². The average Bonchev–Trinajstić information content (AvgIpc) is 2.48. The first-order chi connectivity index (χ1) is 10.1. The van der Waals surface area contributed by atoms with Gasteiger partial charge in [0.25, 0.3) is 5.91 Å². The summed E-state index contributed by atoms with van der Waals surface area (Å²) in [4.78, 5) is 12.1. The van der Waals surface area contributed by atoms with Crippen LogP contribution in [0.25, 0.3) is 0 Å². The molecule has 4 nitrogen and oxygen atoms in total. The normalized spacial score (nSPS) is 12.0. The summed E-state index contributed by atoms with van der Waals surface area (Å²) in [6.07, 6.45) is 1.02. The molecule has 0 heterocycles. The first-order valence-corrected chi connectivity index (χ1v) is 7.67. The molecule has 118 valence electrons. The minimum Gasteiger partial charge on any atom is -0.481 e. The van der Waals surface area contributed by atoms with Crippen molar-refractivity contribution in [2.24, 2.45) is 0 Å². The van der Waals surface area contributed by atoms with Gasteiger partial charge in [0, 0.05) is 19.8 Å². The molecule has 0 radical (unpaired) electrons. The Kier molecular flexibility index (Phi) is 7.83. The van der Waals surface area contributed by atoms with E-state index in [9.17, 15) is 4.79 Å². The summed E-state index contributed by atoms with van der Waals surface area (Å²) in [5, 5.41) is 2.89. The Morgan fingerprint density at radius 1 is 1.24 bits per heavy atom. The molecule has 0 spiro atoms. The monoisotopic (exact) mass is 293 g/mol. The molecule has 1 aromatic carbocycles. The molecule has 0 bridgehead atoms. The Morgan fingerprint density at radius 3 is 2.62 bits per heavy atom. The van der Waals surface area contributed by atoms with Gasteiger partial charge in [-0.15, -0.1) is 0 Å². The smallest absolute Gasteiger partial charge is 0.261 e. The number of aryl methyl sites for hydroxylation is 2. The molecule has 1 N–H and O–H groups in total. The molecule has 0 aromatic heterocycles. The summed E-state index contributed by atoms with van der Waals surface area (Å²) in [6.45, 7) is 10.0. The van der Waals surface area contributed by atoms with Gasteiger partial charge in [-0.2, -0.15) is 0 Å². The number of amides is 1. The van der Waals surface area contributed by atoms with Crippen molar-refractivity contribution in [1.29, 1.82) is 0 Å². The van der Waals surface area contributed by atoms with E-state index in [-0.39, 0.29) is 5.91 Å². The molecule has 1 rings (SSSR count). The van der Waals surface area contributed by atoms with Crippen molar-refractivity contribution in [2.75, 3.05) is 19.8 Å². The van der Waals surface area contributed by atoms with E-state index in [1.807, 2.05) is 39.0 Å². The van der Waals surface area contributed by atoms with Crippen molar-refractivity contribution < 1.29 is 14.3 Å². The van der Waals surface area contributed by atoms with Crippen LogP contribution in [0.15, 0.2) is 18.2 Å². The minimum atomic E-state index is -0.445. The second-order valence-electron chi connectivity index (χ2n) is 5.10. The highest BCUT2D eigenvalue weighted by atomic mass is 16.5. The number of benzene rings is 1. The molecule has 0 aliphatic carbocycles. The third-order valence-electron chi connectivity index (χ3n) is 3.39. The van der Waals surface area contributed by atoms with Crippen LogP contribution in [0.4, 0.5) is 0 Å². The highest BCUT2D eigenvalue weighted by Crippen LogP contribution is 2.18. The Labute approximate surface area is 127 Å². The molecule has 0 fully saturated rings. The SMILES string of the molecule is CCOCCCNC(=O)[C@@H](CC)Oc1ccc(C)c(C)c1. The van der Waals surface area contributed by atoms with Crippen LogP contribution in [0.2, 0.25) is 0 Å². The second kappa shape index (κ2) is 9.40. The molecule has 0 saturated carbocycles. The van der Waals surface area contributed by atoms with E-state index in [4.69, 9.17) is 9.47 Å². The number of carbonyl (C=O) groups is 1. The molecule has 1 aromatic rings. The zero-order valence-electron chi connectivity index (χ0n) is 13.6. The Bertz CT molecular complexity index is 446.